The van der Waals surface area contributed by atoms with E-state index in [1.54, 1.807) is 35.6 Å². The number of thiophene rings is 3. The normalized spacial score (nSPS) is 14.0. The highest BCUT2D eigenvalue weighted by Crippen LogP contribution is 2.53. The zero-order valence-electron chi connectivity index (χ0n) is 90.7. The monoisotopic (exact) mass is 2290 g/mol. The Bertz CT molecular complexity index is 6980. The lowest BCUT2D eigenvalue weighted by Crippen LogP contribution is -2.53. The van der Waals surface area contributed by atoms with Crippen molar-refractivity contribution < 1.29 is 65.5 Å². The molecular weight excluding hydrogens is 2150 g/mol. The van der Waals surface area contributed by atoms with Gasteiger partial charge in [0.1, 0.15) is 62.4 Å². The van der Waals surface area contributed by atoms with E-state index in [1.807, 2.05) is 17.7 Å². The van der Waals surface area contributed by atoms with E-state index in [-0.39, 0.29) is 73.5 Å². The predicted molar refractivity (Wildman–Crippen MR) is 627 cm³/mol. The van der Waals surface area contributed by atoms with Crippen LogP contribution in [0.2, 0.25) is 22.2 Å². The molecule has 1 aliphatic heterocycles. The van der Waals surface area contributed by atoms with Gasteiger partial charge in [-0.05, 0) is 313 Å². The molecule has 0 unspecified atom stereocenters. The molecule has 146 heavy (non-hydrogen) atoms. The maximum Gasteiger partial charge on any atom is 0.509 e. The minimum Gasteiger partial charge on any atom is -0.504 e. The third kappa shape index (κ3) is 22.5. The van der Waals surface area contributed by atoms with Crippen molar-refractivity contribution in [1.29, 1.82) is 0 Å². The van der Waals surface area contributed by atoms with E-state index >= 15 is 8.78 Å². The summed E-state index contributed by atoms with van der Waals surface area (Å²) < 4.78 is 118. The van der Waals surface area contributed by atoms with Crippen molar-refractivity contribution in [2.24, 2.45) is 0 Å². The number of aromatic nitrogens is 3. The van der Waals surface area contributed by atoms with Crippen LogP contribution >= 0.6 is 79.2 Å². The molecule has 1 aliphatic rings. The zero-order chi connectivity index (χ0) is 106. The SMILES string of the molecule is CC(C)[Si](COc1ccc(F)cc1-c1scc(-n2c3ccc(C(C)(C)C)cc3c3cc(C(C)(C)C)ccc32)c1O)(COc1ccc(F)cc1-c1scc(-n2c3ccc(C(C)(C)C)cc3c3cc(C(C)(C)C)ccc32)c1O)C(C)C.CC(C)[Si](COc1ccc(F)cc1I)(COc1ccc(F)cc1I)C(C)C.CCOCOc1c(-n2c3ccc(C(C)(C)C)cc3c3cc(C(C)(C)C)ccc32)csc1B1OC(C)(C)C(C)(C)O1. The van der Waals surface area contributed by atoms with Crippen LogP contribution in [0.5, 0.6) is 40.2 Å². The van der Waals surface area contributed by atoms with Gasteiger partial charge in [0.25, 0.3) is 0 Å². The standard InChI is InChI=1S/C68H76F2N2O4S2Si.C33H44BNO4S.C20H24F2I2O2Si/c1-39(2)79(40(3)4,37-75-59-27-21-45(69)33-51(59)63-61(73)57(35-77-63)71-53-23-17-41(65(5,6)7)29-47(53)48-30-42(66(8,9)10)18-24-54(48)71)38-76-60-28-22-46(70)34-52(60)64-62(74)58(36-78-64)72-55-25-19-43(67(11,12)13)31-49(55)50-32-44(68(14,15)16)20-26-56(50)72;1-12-36-20-37-28-27(19-40-29(28)34-38-32(8,9)33(10,11)39-34)35-25-15-13-21(30(2,3)4)17-23(25)24-18-22(31(5,6)7)14-16-26(24)35;1-13(2)27(14(3)4,11-25-19-7-5-15(21)9-17(19)23)12-26-20-8-6-16(22)10-18(20)24/h17-36,39-40,73-74H,37-38H2,1-16H3;13-19H,12,20H2,1-11H3;5-10,13-14H,11-12H2,1-4H3. The van der Waals surface area contributed by atoms with Crippen molar-refractivity contribution in [3.05, 3.63) is 262 Å². The van der Waals surface area contributed by atoms with Gasteiger partial charge in [-0.2, -0.15) is 0 Å². The fourth-order valence-electron chi connectivity index (χ4n) is 19.4. The molecule has 25 heteroatoms. The highest BCUT2D eigenvalue weighted by molar-refractivity contribution is 14.1. The van der Waals surface area contributed by atoms with Crippen LogP contribution in [0.3, 0.4) is 0 Å². The van der Waals surface area contributed by atoms with Crippen molar-refractivity contribution in [1.82, 2.24) is 13.7 Å². The molecule has 0 saturated carbocycles. The van der Waals surface area contributed by atoms with Crippen LogP contribution in [0.25, 0.3) is 103 Å². The predicted octanol–water partition coefficient (Wildman–Crippen LogP) is 35.1. The van der Waals surface area contributed by atoms with Gasteiger partial charge in [-0.1, -0.05) is 216 Å². The summed E-state index contributed by atoms with van der Waals surface area (Å²) in [5.74, 6) is 1.75. The molecule has 16 aromatic rings. The molecule has 10 aromatic carbocycles. The van der Waals surface area contributed by atoms with Gasteiger partial charge in [0.2, 0.25) is 0 Å². The Labute approximate surface area is 902 Å². The molecule has 2 N–H and O–H groups in total. The average molecular weight is 2290 g/mol. The third-order valence-electron chi connectivity index (χ3n) is 30.2. The van der Waals surface area contributed by atoms with Gasteiger partial charge in [-0.3, -0.25) is 0 Å². The first kappa shape index (κ1) is 111. The summed E-state index contributed by atoms with van der Waals surface area (Å²) in [6, 6.07) is 58.3. The van der Waals surface area contributed by atoms with Gasteiger partial charge in [0.05, 0.1) is 108 Å². The number of fused-ring (bicyclic) bond motifs is 9. The van der Waals surface area contributed by atoms with E-state index in [0.717, 1.165) is 78.0 Å². The van der Waals surface area contributed by atoms with E-state index in [2.05, 4.69) is 381 Å². The van der Waals surface area contributed by atoms with E-state index < -0.39 is 46.1 Å². The Balaban J connectivity index is 0.000000196. The minimum absolute atomic E-state index is 0.0440. The van der Waals surface area contributed by atoms with Gasteiger partial charge >= 0.3 is 7.12 Å². The van der Waals surface area contributed by atoms with Crippen LogP contribution in [0, 0.1) is 30.4 Å². The first-order valence-corrected chi connectivity index (χ1v) is 60.7. The van der Waals surface area contributed by atoms with Gasteiger partial charge in [-0.25, -0.2) is 17.6 Å². The van der Waals surface area contributed by atoms with Crippen molar-refractivity contribution in [2.75, 3.05) is 38.3 Å². The number of hydrogen-bond donors (Lipinski definition) is 2. The van der Waals surface area contributed by atoms with Gasteiger partial charge in [0, 0.05) is 66.2 Å². The Kier molecular flexibility index (Phi) is 32.1. The molecule has 0 amide bonds. The molecule has 17 rings (SSSR count). The van der Waals surface area contributed by atoms with Gasteiger partial charge < -0.3 is 61.6 Å². The Hall–Kier alpha value is -9.14. The summed E-state index contributed by atoms with van der Waals surface area (Å²) >= 11 is 8.52. The van der Waals surface area contributed by atoms with Gasteiger partial charge in [-0.15, -0.1) is 34.0 Å². The summed E-state index contributed by atoms with van der Waals surface area (Å²) in [4.78, 5) is 1.01. The maximum absolute atomic E-state index is 15.5. The smallest absolute Gasteiger partial charge is 0.504 e. The number of rotatable bonds is 26. The van der Waals surface area contributed by atoms with Crippen LogP contribution in [0.1, 0.15) is 248 Å². The molecule has 774 valence electrons. The van der Waals surface area contributed by atoms with E-state index in [4.69, 9.17) is 37.7 Å². The van der Waals surface area contributed by atoms with Crippen LogP contribution in [-0.2, 0) is 46.5 Å². The highest BCUT2D eigenvalue weighted by atomic mass is 127. The summed E-state index contributed by atoms with van der Waals surface area (Å²) in [5, 5.41) is 37.8. The summed E-state index contributed by atoms with van der Waals surface area (Å²) in [7, 11) is -5.20. The largest absolute Gasteiger partial charge is 0.509 e. The van der Waals surface area contributed by atoms with Crippen LogP contribution in [0.4, 0.5) is 17.6 Å². The fourth-order valence-corrected chi connectivity index (χ4v) is 30.7. The van der Waals surface area contributed by atoms with Crippen molar-refractivity contribution in [2.45, 2.75) is 280 Å². The molecule has 0 atom stereocenters. The molecule has 1 fully saturated rings. The van der Waals surface area contributed by atoms with Crippen molar-refractivity contribution in [3.63, 3.8) is 0 Å². The highest BCUT2D eigenvalue weighted by Gasteiger charge is 2.54. The molecule has 0 aliphatic carbocycles. The number of aromatic hydroxyl groups is 2. The van der Waals surface area contributed by atoms with E-state index in [9.17, 15) is 19.0 Å². The second-order valence-electron chi connectivity index (χ2n) is 47.8. The lowest BCUT2D eigenvalue weighted by Gasteiger charge is -2.38. The number of nitrogens with zero attached hydrogens (tertiary/aromatic N) is 3. The topological polar surface area (TPSA) is 129 Å². The second kappa shape index (κ2) is 42.2. The summed E-state index contributed by atoms with van der Waals surface area (Å²) in [6.45, 7) is 68.9. The van der Waals surface area contributed by atoms with Crippen LogP contribution in [-0.4, -0.2) is 96.7 Å². The number of hydrogen-bond acceptors (Lipinski definition) is 13. The fraction of sp³-hybridized carbons (Fsp3) is 0.405. The molecule has 7 heterocycles. The molecular formula is C121H144BF4I2N3O10S3Si2. The number of benzene rings is 10. The molecule has 6 aromatic heterocycles. The Morgan fingerprint density at radius 3 is 0.863 bits per heavy atom. The maximum atomic E-state index is 15.5. The Morgan fingerprint density at radius 1 is 0.349 bits per heavy atom. The molecule has 1 saturated heterocycles. The summed E-state index contributed by atoms with van der Waals surface area (Å²) in [5.41, 5.74) is 16.9. The number of halogens is 6. The minimum atomic E-state index is -2.65. The molecule has 13 nitrogen and oxygen atoms in total. The van der Waals surface area contributed by atoms with Crippen molar-refractivity contribution in [3.8, 4) is 78.2 Å². The molecule has 0 bridgehead atoms. The lowest BCUT2D eigenvalue weighted by atomic mass is 9.85. The van der Waals surface area contributed by atoms with E-state index in [0.29, 0.717) is 97.9 Å². The van der Waals surface area contributed by atoms with Gasteiger partial charge in [0.15, 0.2) is 24.0 Å². The lowest BCUT2D eigenvalue weighted by molar-refractivity contribution is 0.00578. The summed E-state index contributed by atoms with van der Waals surface area (Å²) in [6.07, 6.45) is 1.82. The average Bonchev–Trinajstić information content (AvgIpc) is 1.09. The second-order valence-corrected chi connectivity index (χ2v) is 63.5. The third-order valence-corrected chi connectivity index (χ3v) is 46.7. The van der Waals surface area contributed by atoms with Crippen LogP contribution in [0.15, 0.2) is 198 Å². The van der Waals surface area contributed by atoms with Crippen LogP contribution < -0.4 is 28.5 Å². The zero-order valence-corrected chi connectivity index (χ0v) is 99.4. The molecule has 0 spiro atoms. The van der Waals surface area contributed by atoms with Crippen molar-refractivity contribution >= 4 is 173 Å². The first-order valence-electron chi connectivity index (χ1n) is 50.8. The molecule has 0 radical (unpaired) electrons. The Morgan fingerprint density at radius 2 is 0.603 bits per heavy atom. The first-order chi connectivity index (χ1) is 68.2. The quantitative estimate of drug-likeness (QED) is 0.0178. The van der Waals surface area contributed by atoms with E-state index in [1.165, 1.54) is 115 Å². The number of ether oxygens (including phenoxy) is 6.